The Balaban J connectivity index is 2.06. The molecule has 1 N–H and O–H groups in total. The van der Waals surface area contributed by atoms with Crippen molar-refractivity contribution in [2.75, 3.05) is 18.9 Å². The SMILES string of the molecule is CCS(=O)(=O)N1Cc2ccccc2C[C@H]1C(=O)NCCCOC(C)C. The van der Waals surface area contributed by atoms with Crippen molar-refractivity contribution in [3.8, 4) is 0 Å². The minimum atomic E-state index is -3.46. The monoisotopic (exact) mass is 368 g/mol. The van der Waals surface area contributed by atoms with E-state index in [2.05, 4.69) is 5.32 Å². The topological polar surface area (TPSA) is 75.7 Å². The van der Waals surface area contributed by atoms with Gasteiger partial charge in [0, 0.05) is 19.7 Å². The summed E-state index contributed by atoms with van der Waals surface area (Å²) >= 11 is 0. The molecule has 1 aromatic rings. The number of benzene rings is 1. The third-order valence-corrected chi connectivity index (χ3v) is 6.13. The largest absolute Gasteiger partial charge is 0.379 e. The lowest BCUT2D eigenvalue weighted by atomic mass is 9.95. The Kier molecular flexibility index (Phi) is 6.98. The quantitative estimate of drug-likeness (QED) is 0.709. The third-order valence-electron chi connectivity index (χ3n) is 4.30. The Hall–Kier alpha value is -1.44. The smallest absolute Gasteiger partial charge is 0.238 e. The molecule has 0 bridgehead atoms. The second kappa shape index (κ2) is 8.78. The molecule has 0 aromatic heterocycles. The van der Waals surface area contributed by atoms with Crippen molar-refractivity contribution in [1.82, 2.24) is 9.62 Å². The van der Waals surface area contributed by atoms with Crippen molar-refractivity contribution in [3.63, 3.8) is 0 Å². The molecule has 2 rings (SSSR count). The molecule has 1 heterocycles. The van der Waals surface area contributed by atoms with Gasteiger partial charge in [-0.3, -0.25) is 4.79 Å². The molecule has 0 aliphatic carbocycles. The second-order valence-electron chi connectivity index (χ2n) is 6.50. The molecule has 1 aliphatic rings. The van der Waals surface area contributed by atoms with Gasteiger partial charge in [0.1, 0.15) is 6.04 Å². The number of carbonyl (C=O) groups is 1. The molecule has 0 fully saturated rings. The molecule has 0 saturated carbocycles. The molecule has 7 heteroatoms. The van der Waals surface area contributed by atoms with Crippen LogP contribution >= 0.6 is 0 Å². The van der Waals surface area contributed by atoms with E-state index in [-0.39, 0.29) is 24.3 Å². The van der Waals surface area contributed by atoms with Crippen molar-refractivity contribution in [3.05, 3.63) is 35.4 Å². The van der Waals surface area contributed by atoms with E-state index >= 15 is 0 Å². The average molecular weight is 368 g/mol. The normalized spacial score (nSPS) is 18.2. The molecular formula is C18H28N2O4S. The van der Waals surface area contributed by atoms with Crippen LogP contribution in [0.3, 0.4) is 0 Å². The maximum atomic E-state index is 12.6. The highest BCUT2D eigenvalue weighted by atomic mass is 32.2. The van der Waals surface area contributed by atoms with Crippen molar-refractivity contribution >= 4 is 15.9 Å². The van der Waals surface area contributed by atoms with Crippen molar-refractivity contribution in [1.29, 1.82) is 0 Å². The van der Waals surface area contributed by atoms with Gasteiger partial charge in [0.05, 0.1) is 11.9 Å². The number of nitrogens with one attached hydrogen (secondary N) is 1. The molecular weight excluding hydrogens is 340 g/mol. The first-order valence-electron chi connectivity index (χ1n) is 8.80. The Labute approximate surface area is 150 Å². The van der Waals surface area contributed by atoms with E-state index in [1.165, 1.54) is 4.31 Å². The molecule has 1 amide bonds. The van der Waals surface area contributed by atoms with Gasteiger partial charge < -0.3 is 10.1 Å². The predicted octanol–water partition coefficient (Wildman–Crippen LogP) is 1.69. The highest BCUT2D eigenvalue weighted by Crippen LogP contribution is 2.26. The van der Waals surface area contributed by atoms with Gasteiger partial charge in [0.25, 0.3) is 0 Å². The molecule has 1 aromatic carbocycles. The van der Waals surface area contributed by atoms with Crippen LogP contribution in [0.2, 0.25) is 0 Å². The molecule has 6 nitrogen and oxygen atoms in total. The number of ether oxygens (including phenoxy) is 1. The summed E-state index contributed by atoms with van der Waals surface area (Å²) in [5.74, 6) is -0.252. The summed E-state index contributed by atoms with van der Waals surface area (Å²) in [4.78, 5) is 12.6. The van der Waals surface area contributed by atoms with E-state index in [0.717, 1.165) is 11.1 Å². The first-order valence-corrected chi connectivity index (χ1v) is 10.4. The number of hydrogen-bond acceptors (Lipinski definition) is 4. The van der Waals surface area contributed by atoms with Gasteiger partial charge in [-0.2, -0.15) is 4.31 Å². The summed E-state index contributed by atoms with van der Waals surface area (Å²) in [6.07, 6.45) is 1.27. The van der Waals surface area contributed by atoms with Gasteiger partial charge in [-0.1, -0.05) is 24.3 Å². The average Bonchev–Trinajstić information content (AvgIpc) is 2.59. The van der Waals surface area contributed by atoms with Crippen LogP contribution < -0.4 is 5.32 Å². The summed E-state index contributed by atoms with van der Waals surface area (Å²) in [6, 6.07) is 7.00. The van der Waals surface area contributed by atoms with Crippen molar-refractivity contribution < 1.29 is 17.9 Å². The summed E-state index contributed by atoms with van der Waals surface area (Å²) in [6.45, 7) is 6.83. The van der Waals surface area contributed by atoms with Gasteiger partial charge in [-0.05, 0) is 44.7 Å². The maximum Gasteiger partial charge on any atom is 0.238 e. The molecule has 1 atom stereocenters. The zero-order valence-electron chi connectivity index (χ0n) is 15.2. The van der Waals surface area contributed by atoms with Crippen molar-refractivity contribution in [2.45, 2.75) is 52.3 Å². The molecule has 140 valence electrons. The number of carbonyl (C=O) groups excluding carboxylic acids is 1. The lowest BCUT2D eigenvalue weighted by Crippen LogP contribution is -2.53. The summed E-state index contributed by atoms with van der Waals surface area (Å²) in [5, 5.41) is 2.86. The minimum absolute atomic E-state index is 0.0127. The number of sulfonamides is 1. The summed E-state index contributed by atoms with van der Waals surface area (Å²) in [7, 11) is -3.46. The second-order valence-corrected chi connectivity index (χ2v) is 8.71. The first kappa shape index (κ1) is 19.9. The lowest BCUT2D eigenvalue weighted by Gasteiger charge is -2.34. The number of fused-ring (bicyclic) bond motifs is 1. The van der Waals surface area contributed by atoms with Crippen LogP contribution in [0.1, 0.15) is 38.3 Å². The predicted molar refractivity (Wildman–Crippen MR) is 97.7 cm³/mol. The Morgan fingerprint density at radius 3 is 2.64 bits per heavy atom. The molecule has 0 saturated heterocycles. The van der Waals surface area contributed by atoms with Crippen LogP contribution in [0, 0.1) is 0 Å². The standard InChI is InChI=1S/C18H28N2O4S/c1-4-25(22,23)20-13-16-9-6-5-8-15(16)12-17(20)18(21)19-10-7-11-24-14(2)3/h5-6,8-9,14,17H,4,7,10-13H2,1-3H3,(H,19,21)/t17-/m0/s1. The highest BCUT2D eigenvalue weighted by molar-refractivity contribution is 7.89. The molecule has 25 heavy (non-hydrogen) atoms. The fourth-order valence-corrected chi connectivity index (χ4v) is 4.13. The fraction of sp³-hybridized carbons (Fsp3) is 0.611. The van der Waals surface area contributed by atoms with Gasteiger partial charge in [0.15, 0.2) is 0 Å². The van der Waals surface area contributed by atoms with Crippen LogP contribution in [0.15, 0.2) is 24.3 Å². The third kappa shape index (κ3) is 5.26. The highest BCUT2D eigenvalue weighted by Gasteiger charge is 2.37. The fourth-order valence-electron chi connectivity index (χ4n) is 2.90. The van der Waals surface area contributed by atoms with Gasteiger partial charge in [-0.15, -0.1) is 0 Å². The van der Waals surface area contributed by atoms with E-state index in [0.29, 0.717) is 26.0 Å². The van der Waals surface area contributed by atoms with Crippen LogP contribution in [-0.4, -0.2) is 49.7 Å². The Bertz CT molecular complexity index is 688. The molecule has 0 radical (unpaired) electrons. The maximum absolute atomic E-state index is 12.6. The number of nitrogens with zero attached hydrogens (tertiary/aromatic N) is 1. The van der Waals surface area contributed by atoms with Gasteiger partial charge in [-0.25, -0.2) is 8.42 Å². The lowest BCUT2D eigenvalue weighted by molar-refractivity contribution is -0.125. The Morgan fingerprint density at radius 1 is 1.32 bits per heavy atom. The summed E-state index contributed by atoms with van der Waals surface area (Å²) < 4.78 is 31.7. The number of hydrogen-bond donors (Lipinski definition) is 1. The van der Waals surface area contributed by atoms with E-state index in [4.69, 9.17) is 4.74 Å². The Morgan fingerprint density at radius 2 is 2.00 bits per heavy atom. The van der Waals surface area contributed by atoms with E-state index < -0.39 is 16.1 Å². The number of rotatable bonds is 8. The van der Waals surface area contributed by atoms with Crippen molar-refractivity contribution in [2.24, 2.45) is 0 Å². The van der Waals surface area contributed by atoms with Crippen LogP contribution in [0.5, 0.6) is 0 Å². The van der Waals surface area contributed by atoms with E-state index in [1.54, 1.807) is 6.92 Å². The van der Waals surface area contributed by atoms with Gasteiger partial charge >= 0.3 is 0 Å². The van der Waals surface area contributed by atoms with E-state index in [9.17, 15) is 13.2 Å². The van der Waals surface area contributed by atoms with Crippen LogP contribution in [-0.2, 0) is 32.5 Å². The zero-order chi connectivity index (χ0) is 18.4. The van der Waals surface area contributed by atoms with E-state index in [1.807, 2.05) is 38.1 Å². The van der Waals surface area contributed by atoms with Crippen LogP contribution in [0.25, 0.3) is 0 Å². The first-order chi connectivity index (χ1) is 11.8. The molecule has 0 spiro atoms. The molecule has 1 aliphatic heterocycles. The van der Waals surface area contributed by atoms with Gasteiger partial charge in [0.2, 0.25) is 15.9 Å². The summed E-state index contributed by atoms with van der Waals surface area (Å²) in [5.41, 5.74) is 2.00. The number of amides is 1. The minimum Gasteiger partial charge on any atom is -0.379 e. The van der Waals surface area contributed by atoms with Crippen LogP contribution in [0.4, 0.5) is 0 Å². The zero-order valence-corrected chi connectivity index (χ0v) is 16.0. The molecule has 0 unspecified atom stereocenters.